The summed E-state index contributed by atoms with van der Waals surface area (Å²) in [5.41, 5.74) is 0.748. The van der Waals surface area contributed by atoms with Crippen molar-refractivity contribution in [3.8, 4) is 5.75 Å². The molecule has 1 N–H and O–H groups in total. The van der Waals surface area contributed by atoms with E-state index in [1.54, 1.807) is 12.1 Å². The summed E-state index contributed by atoms with van der Waals surface area (Å²) in [7, 11) is 0. The highest BCUT2D eigenvalue weighted by atomic mass is 16.4. The third-order valence-electron chi connectivity index (χ3n) is 2.26. The fourth-order valence-corrected chi connectivity index (χ4v) is 1.40. The molecule has 4 heteroatoms. The van der Waals surface area contributed by atoms with E-state index in [0.717, 1.165) is 5.56 Å². The highest BCUT2D eigenvalue weighted by Crippen LogP contribution is 2.10. The number of carboxylic acid groups (broad SMARTS) is 1. The van der Waals surface area contributed by atoms with Crippen LogP contribution in [0.15, 0.2) is 29.3 Å². The molecule has 0 saturated heterocycles. The second-order valence-corrected chi connectivity index (χ2v) is 4.33. The third-order valence-corrected chi connectivity index (χ3v) is 2.26. The number of rotatable bonds is 5. The van der Waals surface area contributed by atoms with Gasteiger partial charge in [0.05, 0.1) is 12.0 Å². The van der Waals surface area contributed by atoms with Gasteiger partial charge in [-0.05, 0) is 42.2 Å². The number of aliphatic carboxylic acids is 1. The zero-order chi connectivity index (χ0) is 12.8. The smallest absolute Gasteiger partial charge is 0.115 e. The Labute approximate surface area is 101 Å². The number of phenolic OH excluding ortho intramolecular Hbond substituents is 1. The van der Waals surface area contributed by atoms with Crippen LogP contribution in [0.3, 0.4) is 0 Å². The number of benzene rings is 1. The van der Waals surface area contributed by atoms with Crippen LogP contribution in [0.25, 0.3) is 0 Å². The molecule has 1 aromatic rings. The van der Waals surface area contributed by atoms with Gasteiger partial charge >= 0.3 is 0 Å². The molecule has 92 valence electrons. The molecule has 0 aliphatic carbocycles. The summed E-state index contributed by atoms with van der Waals surface area (Å²) in [6, 6.07) is 5.57. The van der Waals surface area contributed by atoms with Crippen LogP contribution >= 0.6 is 0 Å². The highest BCUT2D eigenvalue weighted by Gasteiger charge is 2.09. The van der Waals surface area contributed by atoms with Crippen LogP contribution in [-0.4, -0.2) is 23.3 Å². The molecule has 0 aromatic heterocycles. The normalized spacial score (nSPS) is 13.1. The number of phenols is 1. The molecule has 1 atom stereocenters. The van der Waals surface area contributed by atoms with Crippen molar-refractivity contribution in [1.82, 2.24) is 0 Å². The van der Waals surface area contributed by atoms with E-state index in [4.69, 9.17) is 5.11 Å². The molecule has 0 bridgehead atoms. The van der Waals surface area contributed by atoms with Crippen LogP contribution in [0.4, 0.5) is 0 Å². The van der Waals surface area contributed by atoms with Gasteiger partial charge in [0.1, 0.15) is 5.75 Å². The first-order valence-electron chi connectivity index (χ1n) is 5.52. The maximum Gasteiger partial charge on any atom is 0.115 e. The van der Waals surface area contributed by atoms with E-state index < -0.39 is 12.0 Å². The Bertz CT molecular complexity index is 396. The average molecular weight is 234 g/mol. The molecule has 0 aliphatic rings. The van der Waals surface area contributed by atoms with Crippen molar-refractivity contribution in [2.24, 2.45) is 10.9 Å². The standard InChI is InChI=1S/C13H17NO3/c1-9(2)7-12(13(16)17)14-8-10-3-5-11(15)6-4-10/h3-6,8-9,12,15H,7H2,1-2H3,(H,16,17)/p-1/t12-/m1/s1. The summed E-state index contributed by atoms with van der Waals surface area (Å²) in [5, 5.41) is 19.9. The second-order valence-electron chi connectivity index (χ2n) is 4.33. The Hall–Kier alpha value is -1.84. The Morgan fingerprint density at radius 2 is 2.00 bits per heavy atom. The molecule has 0 spiro atoms. The molecule has 0 amide bonds. The van der Waals surface area contributed by atoms with Gasteiger partial charge in [-0.25, -0.2) is 0 Å². The molecule has 4 nitrogen and oxygen atoms in total. The largest absolute Gasteiger partial charge is 0.548 e. The van der Waals surface area contributed by atoms with Crippen LogP contribution in [0.5, 0.6) is 5.75 Å². The van der Waals surface area contributed by atoms with E-state index in [0.29, 0.717) is 6.42 Å². The fourth-order valence-electron chi connectivity index (χ4n) is 1.40. The summed E-state index contributed by atoms with van der Waals surface area (Å²) in [6.07, 6.45) is 1.94. The molecule has 0 fully saturated rings. The maximum atomic E-state index is 10.8. The minimum Gasteiger partial charge on any atom is -0.548 e. The first-order chi connectivity index (χ1) is 7.99. The molecular weight excluding hydrogens is 218 g/mol. The summed E-state index contributed by atoms with van der Waals surface area (Å²) in [4.78, 5) is 14.8. The lowest BCUT2D eigenvalue weighted by molar-refractivity contribution is -0.307. The highest BCUT2D eigenvalue weighted by molar-refractivity contribution is 5.82. The zero-order valence-electron chi connectivity index (χ0n) is 9.96. The molecule has 1 aromatic carbocycles. The molecule has 0 heterocycles. The van der Waals surface area contributed by atoms with Gasteiger partial charge in [-0.2, -0.15) is 0 Å². The number of hydrogen-bond donors (Lipinski definition) is 1. The Morgan fingerprint density at radius 3 is 2.47 bits per heavy atom. The van der Waals surface area contributed by atoms with Crippen molar-refractivity contribution in [3.05, 3.63) is 29.8 Å². The molecule has 0 unspecified atom stereocenters. The number of aromatic hydroxyl groups is 1. The average Bonchev–Trinajstić information content (AvgIpc) is 2.25. The van der Waals surface area contributed by atoms with Crippen molar-refractivity contribution in [1.29, 1.82) is 0 Å². The number of carboxylic acids is 1. The van der Waals surface area contributed by atoms with Crippen molar-refractivity contribution in [3.63, 3.8) is 0 Å². The van der Waals surface area contributed by atoms with E-state index in [9.17, 15) is 9.90 Å². The Morgan fingerprint density at radius 1 is 1.41 bits per heavy atom. The minimum absolute atomic E-state index is 0.167. The lowest BCUT2D eigenvalue weighted by atomic mass is 10.0. The van der Waals surface area contributed by atoms with Gasteiger partial charge in [0.25, 0.3) is 0 Å². The van der Waals surface area contributed by atoms with Crippen LogP contribution < -0.4 is 5.11 Å². The summed E-state index contributed by atoms with van der Waals surface area (Å²) in [6.45, 7) is 3.87. The SMILES string of the molecule is CC(C)C[C@@H](N=Cc1ccc(O)cc1)C(=O)[O-]. The molecule has 17 heavy (non-hydrogen) atoms. The van der Waals surface area contributed by atoms with E-state index in [-0.39, 0.29) is 11.7 Å². The third kappa shape index (κ3) is 4.68. The number of nitrogens with zero attached hydrogens (tertiary/aromatic N) is 1. The topological polar surface area (TPSA) is 72.7 Å². The molecule has 0 radical (unpaired) electrons. The van der Waals surface area contributed by atoms with Gasteiger partial charge in [0.15, 0.2) is 0 Å². The Balaban J connectivity index is 2.72. The first kappa shape index (κ1) is 13.2. The molecule has 1 rings (SSSR count). The summed E-state index contributed by atoms with van der Waals surface area (Å²) in [5.74, 6) is -0.746. The zero-order valence-corrected chi connectivity index (χ0v) is 9.96. The van der Waals surface area contributed by atoms with Crippen molar-refractivity contribution in [2.75, 3.05) is 0 Å². The first-order valence-corrected chi connectivity index (χ1v) is 5.52. The second kappa shape index (κ2) is 6.03. The van der Waals surface area contributed by atoms with Crippen LogP contribution in [-0.2, 0) is 4.79 Å². The Kier molecular flexibility index (Phi) is 4.69. The van der Waals surface area contributed by atoms with Gasteiger partial charge in [0.2, 0.25) is 0 Å². The molecule has 0 aliphatic heterocycles. The van der Waals surface area contributed by atoms with Gasteiger partial charge in [0, 0.05) is 6.21 Å². The predicted octanol–water partition coefficient (Wildman–Crippen LogP) is 0.976. The predicted molar refractivity (Wildman–Crippen MR) is 64.0 cm³/mol. The summed E-state index contributed by atoms with van der Waals surface area (Å²) >= 11 is 0. The summed E-state index contributed by atoms with van der Waals surface area (Å²) < 4.78 is 0. The fraction of sp³-hybridized carbons (Fsp3) is 0.385. The van der Waals surface area contributed by atoms with Crippen molar-refractivity contribution < 1.29 is 15.0 Å². The van der Waals surface area contributed by atoms with Gasteiger partial charge < -0.3 is 15.0 Å². The quantitative estimate of drug-likeness (QED) is 0.772. The van der Waals surface area contributed by atoms with E-state index >= 15 is 0 Å². The van der Waals surface area contributed by atoms with Gasteiger partial charge in [-0.15, -0.1) is 0 Å². The molecular formula is C13H16NO3-. The molecule has 0 saturated carbocycles. The lowest BCUT2D eigenvalue weighted by Crippen LogP contribution is -2.35. The monoisotopic (exact) mass is 234 g/mol. The van der Waals surface area contributed by atoms with E-state index in [1.165, 1.54) is 18.3 Å². The van der Waals surface area contributed by atoms with Crippen LogP contribution in [0, 0.1) is 5.92 Å². The minimum atomic E-state index is -1.16. The number of hydrogen-bond acceptors (Lipinski definition) is 4. The van der Waals surface area contributed by atoms with Crippen LogP contribution in [0.1, 0.15) is 25.8 Å². The maximum absolute atomic E-state index is 10.8. The van der Waals surface area contributed by atoms with Crippen molar-refractivity contribution in [2.45, 2.75) is 26.3 Å². The van der Waals surface area contributed by atoms with Gasteiger partial charge in [-0.3, -0.25) is 4.99 Å². The van der Waals surface area contributed by atoms with E-state index in [1.807, 2.05) is 13.8 Å². The van der Waals surface area contributed by atoms with Gasteiger partial charge in [-0.1, -0.05) is 13.8 Å². The lowest BCUT2D eigenvalue weighted by Gasteiger charge is -2.15. The number of aliphatic imine (C=N–C) groups is 1. The number of carbonyl (C=O) groups excluding carboxylic acids is 1. The van der Waals surface area contributed by atoms with Crippen LogP contribution in [0.2, 0.25) is 0 Å². The van der Waals surface area contributed by atoms with E-state index in [2.05, 4.69) is 4.99 Å². The van der Waals surface area contributed by atoms with Crippen molar-refractivity contribution >= 4 is 12.2 Å². The number of carbonyl (C=O) groups is 1.